The first kappa shape index (κ1) is 17.6. The van der Waals surface area contributed by atoms with Crippen LogP contribution in [-0.4, -0.2) is 29.5 Å². The maximum absolute atomic E-state index is 12.0. The van der Waals surface area contributed by atoms with Gasteiger partial charge in [0.1, 0.15) is 0 Å². The lowest BCUT2D eigenvalue weighted by Crippen LogP contribution is -2.13. The molecule has 0 bridgehead atoms. The molecule has 2 rings (SSSR count). The Labute approximate surface area is 148 Å². The summed E-state index contributed by atoms with van der Waals surface area (Å²) in [7, 11) is 0. The number of thiophene rings is 1. The number of thioether (sulfide) groups is 1. The summed E-state index contributed by atoms with van der Waals surface area (Å²) in [6, 6.07) is 7.43. The van der Waals surface area contributed by atoms with E-state index in [1.54, 1.807) is 18.4 Å². The normalized spacial score (nSPS) is 10.3. The molecule has 23 heavy (non-hydrogen) atoms. The van der Waals surface area contributed by atoms with Crippen LogP contribution in [0.15, 0.2) is 39.0 Å². The van der Waals surface area contributed by atoms with E-state index in [0.29, 0.717) is 9.77 Å². The predicted octanol–water partition coefficient (Wildman–Crippen LogP) is 4.18. The number of hydrogen-bond donors (Lipinski definition) is 0. The van der Waals surface area contributed by atoms with E-state index in [4.69, 9.17) is 4.74 Å². The molecule has 0 aliphatic carbocycles. The van der Waals surface area contributed by atoms with Crippen molar-refractivity contribution in [3.8, 4) is 0 Å². The van der Waals surface area contributed by atoms with Gasteiger partial charge in [0.05, 0.1) is 24.0 Å². The lowest BCUT2D eigenvalue weighted by molar-refractivity contribution is -0.387. The Morgan fingerprint density at radius 1 is 1.35 bits per heavy atom. The molecule has 6 nitrogen and oxygen atoms in total. The molecule has 1 aromatic carbocycles. The number of nitro groups is 1. The molecule has 0 aliphatic heterocycles. The summed E-state index contributed by atoms with van der Waals surface area (Å²) in [5.41, 5.74) is -0.130. The van der Waals surface area contributed by atoms with Crippen LogP contribution >= 0.6 is 39.0 Å². The Morgan fingerprint density at radius 2 is 2.09 bits per heavy atom. The number of halogens is 1. The molecule has 0 unspecified atom stereocenters. The maximum atomic E-state index is 12.0. The minimum absolute atomic E-state index is 0.0367. The summed E-state index contributed by atoms with van der Waals surface area (Å²) >= 11 is 5.69. The molecule has 1 aromatic heterocycles. The second kappa shape index (κ2) is 7.71. The first-order chi connectivity index (χ1) is 10.9. The van der Waals surface area contributed by atoms with Crippen LogP contribution < -0.4 is 0 Å². The zero-order valence-corrected chi connectivity index (χ0v) is 15.0. The number of hydrogen-bond acceptors (Lipinski definition) is 7. The summed E-state index contributed by atoms with van der Waals surface area (Å²) in [6.45, 7) is -0.413. The van der Waals surface area contributed by atoms with E-state index in [1.165, 1.54) is 35.2 Å². The number of nitro benzene ring substituents is 1. The summed E-state index contributed by atoms with van der Waals surface area (Å²) in [5, 5.41) is 11.0. The number of carbonyl (C=O) groups is 2. The van der Waals surface area contributed by atoms with Gasteiger partial charge in [-0.3, -0.25) is 14.9 Å². The van der Waals surface area contributed by atoms with E-state index in [-0.39, 0.29) is 17.0 Å². The highest BCUT2D eigenvalue weighted by Gasteiger charge is 2.19. The van der Waals surface area contributed by atoms with Crippen molar-refractivity contribution in [3.05, 3.63) is 54.7 Å². The number of nitrogens with zero attached hydrogens (tertiary/aromatic N) is 1. The molecule has 1 heterocycles. The first-order valence-corrected chi connectivity index (χ1v) is 9.04. The van der Waals surface area contributed by atoms with Crippen molar-refractivity contribution in [1.29, 1.82) is 0 Å². The zero-order valence-electron chi connectivity index (χ0n) is 11.8. The summed E-state index contributed by atoms with van der Waals surface area (Å²) in [6.07, 6.45) is 1.71. The lowest BCUT2D eigenvalue weighted by atomic mass is 10.2. The maximum Gasteiger partial charge on any atom is 0.338 e. The molecule has 9 heteroatoms. The van der Waals surface area contributed by atoms with Gasteiger partial charge >= 0.3 is 5.97 Å². The topological polar surface area (TPSA) is 86.5 Å². The molecular weight excluding hydrogens is 406 g/mol. The van der Waals surface area contributed by atoms with Gasteiger partial charge in [0.15, 0.2) is 6.61 Å². The van der Waals surface area contributed by atoms with Crippen LogP contribution in [0.1, 0.15) is 20.0 Å². The van der Waals surface area contributed by atoms with Crippen LogP contribution in [0.2, 0.25) is 0 Å². The smallest absolute Gasteiger partial charge is 0.338 e. The van der Waals surface area contributed by atoms with Crippen LogP contribution in [0.4, 0.5) is 5.69 Å². The number of esters is 1. The number of rotatable bonds is 6. The third-order valence-corrected chi connectivity index (χ3v) is 5.24. The Balaban J connectivity index is 2.07. The zero-order chi connectivity index (χ0) is 17.0. The quantitative estimate of drug-likeness (QED) is 0.231. The van der Waals surface area contributed by atoms with Crippen LogP contribution in [0.3, 0.4) is 0 Å². The van der Waals surface area contributed by atoms with Crippen molar-refractivity contribution in [2.24, 2.45) is 0 Å². The SMILES string of the molecule is CSc1ccc(C(=O)OCC(=O)c2ccc(Br)s2)cc1[N+](=O)[O-]. The average Bonchev–Trinajstić information content (AvgIpc) is 2.98. The summed E-state index contributed by atoms with van der Waals surface area (Å²) < 4.78 is 5.74. The first-order valence-electron chi connectivity index (χ1n) is 6.20. The van der Waals surface area contributed by atoms with E-state index in [0.717, 1.165) is 9.85 Å². The molecule has 2 aromatic rings. The lowest BCUT2D eigenvalue weighted by Gasteiger charge is -2.05. The van der Waals surface area contributed by atoms with Crippen molar-refractivity contribution < 1.29 is 19.2 Å². The number of ketones is 1. The van der Waals surface area contributed by atoms with Gasteiger partial charge in [-0.05, 0) is 46.5 Å². The largest absolute Gasteiger partial charge is 0.454 e. The average molecular weight is 416 g/mol. The number of Topliss-reactive ketones (excluding diaryl/α,β-unsaturated/α-hetero) is 1. The molecule has 0 fully saturated rings. The monoisotopic (exact) mass is 415 g/mol. The van der Waals surface area contributed by atoms with Crippen LogP contribution in [0.5, 0.6) is 0 Å². The highest BCUT2D eigenvalue weighted by atomic mass is 79.9. The molecule has 0 saturated heterocycles. The Kier molecular flexibility index (Phi) is 5.91. The van der Waals surface area contributed by atoms with Gasteiger partial charge in [-0.1, -0.05) is 0 Å². The fraction of sp³-hybridized carbons (Fsp3) is 0.143. The molecule has 0 atom stereocenters. The van der Waals surface area contributed by atoms with Crippen molar-refractivity contribution in [1.82, 2.24) is 0 Å². The van der Waals surface area contributed by atoms with Gasteiger partial charge in [0.25, 0.3) is 5.69 Å². The number of benzene rings is 1. The number of ether oxygens (including phenoxy) is 1. The van der Waals surface area contributed by atoms with Gasteiger partial charge < -0.3 is 4.74 Å². The van der Waals surface area contributed by atoms with E-state index < -0.39 is 17.5 Å². The van der Waals surface area contributed by atoms with Crippen molar-refractivity contribution >= 4 is 56.5 Å². The summed E-state index contributed by atoms with van der Waals surface area (Å²) in [5.74, 6) is -1.10. The molecule has 0 amide bonds. The standard InChI is InChI=1S/C14H10BrNO5S2/c1-22-11-3-2-8(6-9(11)16(19)20)14(18)21-7-10(17)12-4-5-13(15)23-12/h2-6H,7H2,1H3. The second-order valence-electron chi connectivity index (χ2n) is 4.25. The van der Waals surface area contributed by atoms with Crippen molar-refractivity contribution in [2.45, 2.75) is 4.90 Å². The Hall–Kier alpha value is -1.71. The Bertz CT molecular complexity index is 774. The van der Waals surface area contributed by atoms with E-state index >= 15 is 0 Å². The Morgan fingerprint density at radius 3 is 2.65 bits per heavy atom. The van der Waals surface area contributed by atoms with Crippen LogP contribution in [0, 0.1) is 10.1 Å². The highest BCUT2D eigenvalue weighted by molar-refractivity contribution is 9.11. The molecule has 0 radical (unpaired) electrons. The molecule has 120 valence electrons. The van der Waals surface area contributed by atoms with Crippen LogP contribution in [0.25, 0.3) is 0 Å². The minimum atomic E-state index is -0.773. The molecule has 0 N–H and O–H groups in total. The fourth-order valence-corrected chi connectivity index (χ4v) is 3.57. The van der Waals surface area contributed by atoms with Crippen molar-refractivity contribution in [3.63, 3.8) is 0 Å². The van der Waals surface area contributed by atoms with Gasteiger partial charge in [-0.25, -0.2) is 4.79 Å². The molecule has 0 aliphatic rings. The highest BCUT2D eigenvalue weighted by Crippen LogP contribution is 2.28. The minimum Gasteiger partial charge on any atom is -0.454 e. The van der Waals surface area contributed by atoms with Crippen molar-refractivity contribution in [2.75, 3.05) is 12.9 Å². The fourth-order valence-electron chi connectivity index (χ4n) is 1.71. The van der Waals surface area contributed by atoms with Crippen LogP contribution in [-0.2, 0) is 4.74 Å². The summed E-state index contributed by atoms with van der Waals surface area (Å²) in [4.78, 5) is 35.2. The van der Waals surface area contributed by atoms with Gasteiger partial charge in [0.2, 0.25) is 5.78 Å². The predicted molar refractivity (Wildman–Crippen MR) is 91.5 cm³/mol. The van der Waals surface area contributed by atoms with Gasteiger partial charge in [0, 0.05) is 6.07 Å². The molecule has 0 saturated carbocycles. The molecular formula is C14H10BrNO5S2. The third-order valence-electron chi connectivity index (χ3n) is 2.79. The third kappa shape index (κ3) is 4.40. The van der Waals surface area contributed by atoms with Gasteiger partial charge in [-0.15, -0.1) is 23.1 Å². The van der Waals surface area contributed by atoms with E-state index in [9.17, 15) is 19.7 Å². The molecule has 0 spiro atoms. The second-order valence-corrected chi connectivity index (χ2v) is 7.56. The van der Waals surface area contributed by atoms with E-state index in [1.807, 2.05) is 0 Å². The van der Waals surface area contributed by atoms with Gasteiger partial charge in [-0.2, -0.15) is 0 Å². The number of carbonyl (C=O) groups excluding carboxylic acids is 2. The van der Waals surface area contributed by atoms with E-state index in [2.05, 4.69) is 15.9 Å².